The molecule has 150 valence electrons. The van der Waals surface area contributed by atoms with Crippen molar-refractivity contribution >= 4 is 11.9 Å². The molecule has 0 saturated carbocycles. The van der Waals surface area contributed by atoms with E-state index in [1.165, 1.54) is 11.0 Å². The van der Waals surface area contributed by atoms with E-state index in [4.69, 9.17) is 9.47 Å². The first-order chi connectivity index (χ1) is 13.0. The monoisotopic (exact) mass is 380 g/mol. The maximum absolute atomic E-state index is 13.7. The summed E-state index contributed by atoms with van der Waals surface area (Å²) in [5.41, 5.74) is 0. The normalized spacial score (nSPS) is 18.1. The molecular formula is C19H29FN4O3. The number of rotatable bonds is 8. The maximum Gasteiger partial charge on any atom is 0.243 e. The standard InChI is InChI=1S/C19H29FN4O3/c1-14(27-17-7-5-4-6-16(17)20)10-21-19(23-12-18(25)24(2)3)22-11-15-8-9-26-13-15/h4-7,14-15H,8-13H2,1-3H3,(H2,21,22,23). The van der Waals surface area contributed by atoms with E-state index in [0.29, 0.717) is 25.0 Å². The molecule has 0 bridgehead atoms. The molecule has 2 rings (SSSR count). The van der Waals surface area contributed by atoms with Crippen molar-refractivity contribution in [2.45, 2.75) is 19.4 Å². The van der Waals surface area contributed by atoms with Gasteiger partial charge in [-0.15, -0.1) is 0 Å². The summed E-state index contributed by atoms with van der Waals surface area (Å²) in [5, 5.41) is 6.40. The Morgan fingerprint density at radius 1 is 1.41 bits per heavy atom. The van der Waals surface area contributed by atoms with Gasteiger partial charge in [0.05, 0.1) is 13.2 Å². The van der Waals surface area contributed by atoms with Crippen LogP contribution in [0.1, 0.15) is 13.3 Å². The summed E-state index contributed by atoms with van der Waals surface area (Å²) < 4.78 is 24.7. The Balaban J connectivity index is 1.88. The highest BCUT2D eigenvalue weighted by Gasteiger charge is 2.16. The Hall–Kier alpha value is -2.35. The van der Waals surface area contributed by atoms with E-state index < -0.39 is 5.82 Å². The summed E-state index contributed by atoms with van der Waals surface area (Å²) >= 11 is 0. The Morgan fingerprint density at radius 3 is 2.85 bits per heavy atom. The van der Waals surface area contributed by atoms with Crippen LogP contribution in [0.25, 0.3) is 0 Å². The van der Waals surface area contributed by atoms with Crippen LogP contribution in [-0.2, 0) is 9.53 Å². The van der Waals surface area contributed by atoms with E-state index in [-0.39, 0.29) is 24.3 Å². The van der Waals surface area contributed by atoms with E-state index in [1.807, 2.05) is 6.92 Å². The van der Waals surface area contributed by atoms with Crippen molar-refractivity contribution in [3.63, 3.8) is 0 Å². The second kappa shape index (κ2) is 10.7. The SMILES string of the molecule is CC(CNC(=NCC(=O)N(C)C)NCC1CCOC1)Oc1ccccc1F. The lowest BCUT2D eigenvalue weighted by Crippen LogP contribution is -2.44. The molecule has 0 radical (unpaired) electrons. The first-order valence-corrected chi connectivity index (χ1v) is 9.17. The Morgan fingerprint density at radius 2 is 2.19 bits per heavy atom. The predicted octanol–water partition coefficient (Wildman–Crippen LogP) is 1.25. The van der Waals surface area contributed by atoms with Gasteiger partial charge in [-0.2, -0.15) is 0 Å². The lowest BCUT2D eigenvalue weighted by atomic mass is 10.1. The van der Waals surface area contributed by atoms with Gasteiger partial charge in [0.2, 0.25) is 5.91 Å². The number of likely N-dealkylation sites (N-methyl/N-ethyl adjacent to an activating group) is 1. The van der Waals surface area contributed by atoms with Crippen LogP contribution in [0.2, 0.25) is 0 Å². The molecular weight excluding hydrogens is 351 g/mol. The van der Waals surface area contributed by atoms with Gasteiger partial charge in [-0.25, -0.2) is 9.38 Å². The second-order valence-corrected chi connectivity index (χ2v) is 6.80. The molecule has 2 unspecified atom stereocenters. The Kier molecular flexibility index (Phi) is 8.32. The van der Waals surface area contributed by atoms with Crippen LogP contribution in [0.15, 0.2) is 29.3 Å². The second-order valence-electron chi connectivity index (χ2n) is 6.80. The van der Waals surface area contributed by atoms with Gasteiger partial charge in [0, 0.05) is 33.2 Å². The number of nitrogens with zero attached hydrogens (tertiary/aromatic N) is 2. The largest absolute Gasteiger partial charge is 0.486 e. The number of ether oxygens (including phenoxy) is 2. The predicted molar refractivity (Wildman–Crippen MR) is 102 cm³/mol. The quantitative estimate of drug-likeness (QED) is 0.525. The first kappa shape index (κ1) is 21.0. The lowest BCUT2D eigenvalue weighted by Gasteiger charge is -2.19. The van der Waals surface area contributed by atoms with Crippen LogP contribution in [0.3, 0.4) is 0 Å². The summed E-state index contributed by atoms with van der Waals surface area (Å²) in [6.07, 6.45) is 0.720. The summed E-state index contributed by atoms with van der Waals surface area (Å²) in [6.45, 7) is 4.52. The molecule has 1 aliphatic heterocycles. The highest BCUT2D eigenvalue weighted by molar-refractivity contribution is 5.84. The molecule has 1 aliphatic rings. The fraction of sp³-hybridized carbons (Fsp3) is 0.579. The van der Waals surface area contributed by atoms with Crippen molar-refractivity contribution in [1.29, 1.82) is 0 Å². The number of benzene rings is 1. The molecule has 1 aromatic carbocycles. The number of carbonyl (C=O) groups excluding carboxylic acids is 1. The molecule has 2 N–H and O–H groups in total. The summed E-state index contributed by atoms with van der Waals surface area (Å²) in [4.78, 5) is 17.6. The van der Waals surface area contributed by atoms with Gasteiger partial charge >= 0.3 is 0 Å². The van der Waals surface area contributed by atoms with Gasteiger partial charge in [-0.05, 0) is 25.5 Å². The average molecular weight is 380 g/mol. The van der Waals surface area contributed by atoms with Gasteiger partial charge in [-0.3, -0.25) is 4.79 Å². The molecule has 1 saturated heterocycles. The smallest absolute Gasteiger partial charge is 0.243 e. The number of halogens is 1. The molecule has 1 amide bonds. The minimum Gasteiger partial charge on any atom is -0.486 e. The van der Waals surface area contributed by atoms with Gasteiger partial charge in [0.15, 0.2) is 17.5 Å². The zero-order valence-electron chi connectivity index (χ0n) is 16.2. The van der Waals surface area contributed by atoms with E-state index in [2.05, 4.69) is 15.6 Å². The summed E-state index contributed by atoms with van der Waals surface area (Å²) in [6, 6.07) is 6.30. The molecule has 2 atom stereocenters. The zero-order valence-corrected chi connectivity index (χ0v) is 16.2. The van der Waals surface area contributed by atoms with Crippen LogP contribution >= 0.6 is 0 Å². The van der Waals surface area contributed by atoms with Gasteiger partial charge in [0.25, 0.3) is 0 Å². The number of guanidine groups is 1. The molecule has 0 aromatic heterocycles. The topological polar surface area (TPSA) is 75.2 Å². The van der Waals surface area contributed by atoms with Gasteiger partial charge in [-0.1, -0.05) is 12.1 Å². The summed E-state index contributed by atoms with van der Waals surface area (Å²) in [5.74, 6) is 0.684. The van der Waals surface area contributed by atoms with Crippen LogP contribution in [0.5, 0.6) is 5.75 Å². The number of carbonyl (C=O) groups is 1. The van der Waals surface area contributed by atoms with Gasteiger partial charge in [0.1, 0.15) is 12.6 Å². The minimum absolute atomic E-state index is 0.0477. The van der Waals surface area contributed by atoms with Crippen molar-refractivity contribution < 1.29 is 18.7 Å². The third-order valence-electron chi connectivity index (χ3n) is 4.18. The molecule has 1 fully saturated rings. The summed E-state index contributed by atoms with van der Waals surface area (Å²) in [7, 11) is 3.39. The van der Waals surface area contributed by atoms with E-state index in [0.717, 1.165) is 19.6 Å². The van der Waals surface area contributed by atoms with Crippen LogP contribution in [0, 0.1) is 11.7 Å². The first-order valence-electron chi connectivity index (χ1n) is 9.17. The van der Waals surface area contributed by atoms with Crippen LogP contribution in [-0.4, -0.2) is 69.8 Å². The van der Waals surface area contributed by atoms with Crippen molar-refractivity contribution in [2.24, 2.45) is 10.9 Å². The number of aliphatic imine (C=N–C) groups is 1. The molecule has 0 aliphatic carbocycles. The molecule has 0 spiro atoms. The fourth-order valence-electron chi connectivity index (χ4n) is 2.49. The zero-order chi connectivity index (χ0) is 19.6. The molecule has 1 heterocycles. The van der Waals surface area contributed by atoms with E-state index in [9.17, 15) is 9.18 Å². The van der Waals surface area contributed by atoms with Crippen molar-refractivity contribution in [2.75, 3.05) is 46.9 Å². The number of amides is 1. The molecule has 27 heavy (non-hydrogen) atoms. The number of hydrogen-bond acceptors (Lipinski definition) is 4. The fourth-order valence-corrected chi connectivity index (χ4v) is 2.49. The maximum atomic E-state index is 13.7. The van der Waals surface area contributed by atoms with Crippen molar-refractivity contribution in [1.82, 2.24) is 15.5 Å². The van der Waals surface area contributed by atoms with Crippen LogP contribution < -0.4 is 15.4 Å². The van der Waals surface area contributed by atoms with Crippen molar-refractivity contribution in [3.8, 4) is 5.75 Å². The number of hydrogen-bond donors (Lipinski definition) is 2. The van der Waals surface area contributed by atoms with E-state index >= 15 is 0 Å². The third kappa shape index (κ3) is 7.42. The highest BCUT2D eigenvalue weighted by Crippen LogP contribution is 2.16. The molecule has 1 aromatic rings. The van der Waals surface area contributed by atoms with Gasteiger partial charge < -0.3 is 25.0 Å². The minimum atomic E-state index is -0.394. The van der Waals surface area contributed by atoms with E-state index in [1.54, 1.807) is 32.3 Å². The Bertz CT molecular complexity index is 633. The average Bonchev–Trinajstić information content (AvgIpc) is 3.16. The number of nitrogens with one attached hydrogen (secondary N) is 2. The molecule has 7 nitrogen and oxygen atoms in total. The third-order valence-corrected chi connectivity index (χ3v) is 4.18. The van der Waals surface area contributed by atoms with Crippen molar-refractivity contribution in [3.05, 3.63) is 30.1 Å². The number of para-hydroxylation sites is 1. The Labute approximate surface area is 159 Å². The molecule has 8 heteroatoms. The lowest BCUT2D eigenvalue weighted by molar-refractivity contribution is -0.127. The highest BCUT2D eigenvalue weighted by atomic mass is 19.1. The van der Waals surface area contributed by atoms with Crippen LogP contribution in [0.4, 0.5) is 4.39 Å².